The van der Waals surface area contributed by atoms with Crippen molar-refractivity contribution in [1.29, 1.82) is 0 Å². The smallest absolute Gasteiger partial charge is 0.123 e. The molecular formula is C17H27NO. The predicted molar refractivity (Wildman–Crippen MR) is 80.7 cm³/mol. The Labute approximate surface area is 117 Å². The number of nitrogens with one attached hydrogen (secondary N) is 1. The highest BCUT2D eigenvalue weighted by molar-refractivity contribution is 5.41. The average molecular weight is 261 g/mol. The second-order valence-electron chi connectivity index (χ2n) is 5.82. The summed E-state index contributed by atoms with van der Waals surface area (Å²) in [6, 6.07) is 7.19. The second kappa shape index (κ2) is 6.42. The maximum absolute atomic E-state index is 5.79. The summed E-state index contributed by atoms with van der Waals surface area (Å²) in [5.74, 6) is 1.74. The van der Waals surface area contributed by atoms with E-state index in [-0.39, 0.29) is 0 Å². The van der Waals surface area contributed by atoms with Crippen LogP contribution in [0.2, 0.25) is 0 Å². The number of ether oxygens (including phenoxy) is 1. The molecule has 0 fully saturated rings. The molecule has 3 atom stereocenters. The maximum atomic E-state index is 5.79. The molecule has 0 aliphatic carbocycles. The Morgan fingerprint density at radius 1 is 1.37 bits per heavy atom. The van der Waals surface area contributed by atoms with Crippen LogP contribution < -0.4 is 10.1 Å². The molecule has 2 heteroatoms. The summed E-state index contributed by atoms with van der Waals surface area (Å²) < 4.78 is 5.79. The third-order valence-corrected chi connectivity index (χ3v) is 4.11. The summed E-state index contributed by atoms with van der Waals surface area (Å²) in [7, 11) is 0. The molecule has 19 heavy (non-hydrogen) atoms. The summed E-state index contributed by atoms with van der Waals surface area (Å²) >= 11 is 0. The molecule has 0 bridgehead atoms. The molecule has 2 nitrogen and oxygen atoms in total. The third kappa shape index (κ3) is 3.30. The molecule has 1 N–H and O–H groups in total. The first kappa shape index (κ1) is 14.4. The Morgan fingerprint density at radius 3 is 2.84 bits per heavy atom. The lowest BCUT2D eigenvalue weighted by atomic mass is 9.91. The topological polar surface area (TPSA) is 21.3 Å². The maximum Gasteiger partial charge on any atom is 0.123 e. The lowest BCUT2D eigenvalue weighted by molar-refractivity contribution is 0.254. The van der Waals surface area contributed by atoms with Crippen LogP contribution in [-0.4, -0.2) is 12.6 Å². The van der Waals surface area contributed by atoms with Crippen LogP contribution in [0.5, 0.6) is 5.75 Å². The molecule has 0 radical (unpaired) electrons. The molecule has 1 aliphatic rings. The van der Waals surface area contributed by atoms with Gasteiger partial charge in [0, 0.05) is 12.5 Å². The molecule has 1 aliphatic heterocycles. The van der Waals surface area contributed by atoms with E-state index >= 15 is 0 Å². The van der Waals surface area contributed by atoms with Gasteiger partial charge in [-0.2, -0.15) is 0 Å². The van der Waals surface area contributed by atoms with E-state index in [1.54, 1.807) is 0 Å². The first-order valence-corrected chi connectivity index (χ1v) is 7.68. The van der Waals surface area contributed by atoms with E-state index < -0.39 is 0 Å². The number of rotatable bonds is 6. The van der Waals surface area contributed by atoms with Crippen molar-refractivity contribution >= 4 is 0 Å². The normalized spacial score (nSPS) is 20.7. The highest BCUT2D eigenvalue weighted by Gasteiger charge is 2.22. The Balaban J connectivity index is 2.19. The molecule has 0 aromatic heterocycles. The largest absolute Gasteiger partial charge is 0.490 e. The lowest BCUT2D eigenvalue weighted by Crippen LogP contribution is -2.27. The van der Waals surface area contributed by atoms with Gasteiger partial charge in [0.1, 0.15) is 11.9 Å². The number of hydrogen-bond donors (Lipinski definition) is 1. The van der Waals surface area contributed by atoms with Crippen LogP contribution in [0.4, 0.5) is 0 Å². The molecular weight excluding hydrogens is 234 g/mol. The predicted octanol–water partition coefficient (Wildman–Crippen LogP) is 4.10. The van der Waals surface area contributed by atoms with Crippen molar-refractivity contribution in [2.45, 2.75) is 59.1 Å². The zero-order chi connectivity index (χ0) is 13.8. The average Bonchev–Trinajstić information content (AvgIpc) is 2.78. The van der Waals surface area contributed by atoms with E-state index in [2.05, 4.69) is 51.2 Å². The van der Waals surface area contributed by atoms with Gasteiger partial charge in [-0.15, -0.1) is 0 Å². The minimum absolute atomic E-state index is 0.330. The molecule has 106 valence electrons. The SMILES string of the molecule is CCCNC(c1ccc2c(c1)CC(C)O2)C(C)CC. The fraction of sp³-hybridized carbons (Fsp3) is 0.647. The molecule has 1 aromatic carbocycles. The minimum atomic E-state index is 0.330. The molecule has 1 aromatic rings. The number of hydrogen-bond acceptors (Lipinski definition) is 2. The van der Waals surface area contributed by atoms with Gasteiger partial charge in [-0.1, -0.05) is 39.3 Å². The van der Waals surface area contributed by atoms with E-state index in [9.17, 15) is 0 Å². The van der Waals surface area contributed by atoms with Crippen LogP contribution in [0.3, 0.4) is 0 Å². The van der Waals surface area contributed by atoms with Crippen LogP contribution in [0.15, 0.2) is 18.2 Å². The molecule has 0 amide bonds. The van der Waals surface area contributed by atoms with Crippen LogP contribution in [0.25, 0.3) is 0 Å². The van der Waals surface area contributed by atoms with Crippen molar-refractivity contribution in [2.24, 2.45) is 5.92 Å². The summed E-state index contributed by atoms with van der Waals surface area (Å²) in [6.07, 6.45) is 3.75. The van der Waals surface area contributed by atoms with Crippen molar-refractivity contribution in [1.82, 2.24) is 5.32 Å². The standard InChI is InChI=1S/C17H27NO/c1-5-9-18-17(12(3)6-2)14-7-8-16-15(11-14)10-13(4)19-16/h7-8,11-13,17-18H,5-6,9-10H2,1-4H3. The number of fused-ring (bicyclic) bond motifs is 1. The van der Waals surface area contributed by atoms with Gasteiger partial charge < -0.3 is 10.1 Å². The summed E-state index contributed by atoms with van der Waals surface area (Å²) in [5.41, 5.74) is 2.79. The molecule has 2 rings (SSSR count). The van der Waals surface area contributed by atoms with Crippen LogP contribution >= 0.6 is 0 Å². The minimum Gasteiger partial charge on any atom is -0.490 e. The second-order valence-corrected chi connectivity index (χ2v) is 5.82. The molecule has 0 saturated carbocycles. The first-order valence-electron chi connectivity index (χ1n) is 7.68. The zero-order valence-corrected chi connectivity index (χ0v) is 12.7. The Bertz CT molecular complexity index is 416. The highest BCUT2D eigenvalue weighted by Crippen LogP contribution is 2.33. The Morgan fingerprint density at radius 2 is 2.16 bits per heavy atom. The summed E-state index contributed by atoms with van der Waals surface area (Å²) in [5, 5.41) is 3.70. The third-order valence-electron chi connectivity index (χ3n) is 4.11. The number of benzene rings is 1. The van der Waals surface area contributed by atoms with Crippen LogP contribution in [0, 0.1) is 5.92 Å². The molecule has 1 heterocycles. The quantitative estimate of drug-likeness (QED) is 0.832. The van der Waals surface area contributed by atoms with Gasteiger partial charge in [0.2, 0.25) is 0 Å². The zero-order valence-electron chi connectivity index (χ0n) is 12.7. The fourth-order valence-electron chi connectivity index (χ4n) is 2.82. The monoisotopic (exact) mass is 261 g/mol. The Kier molecular flexibility index (Phi) is 4.87. The van der Waals surface area contributed by atoms with E-state index in [1.807, 2.05) is 0 Å². The molecule has 3 unspecified atom stereocenters. The van der Waals surface area contributed by atoms with E-state index in [0.29, 0.717) is 18.1 Å². The van der Waals surface area contributed by atoms with Crippen molar-refractivity contribution in [3.8, 4) is 5.75 Å². The molecule has 0 saturated heterocycles. The fourth-order valence-corrected chi connectivity index (χ4v) is 2.82. The van der Waals surface area contributed by atoms with Crippen molar-refractivity contribution in [2.75, 3.05) is 6.54 Å². The van der Waals surface area contributed by atoms with Gasteiger partial charge in [-0.3, -0.25) is 0 Å². The van der Waals surface area contributed by atoms with Gasteiger partial charge in [-0.05, 0) is 43.0 Å². The van der Waals surface area contributed by atoms with Gasteiger partial charge in [0.25, 0.3) is 0 Å². The van der Waals surface area contributed by atoms with E-state index in [0.717, 1.165) is 18.7 Å². The van der Waals surface area contributed by atoms with Crippen molar-refractivity contribution < 1.29 is 4.74 Å². The summed E-state index contributed by atoms with van der Waals surface area (Å²) in [6.45, 7) is 10.0. The Hall–Kier alpha value is -1.02. The molecule has 0 spiro atoms. The van der Waals surface area contributed by atoms with Gasteiger partial charge >= 0.3 is 0 Å². The van der Waals surface area contributed by atoms with Crippen LogP contribution in [-0.2, 0) is 6.42 Å². The lowest BCUT2D eigenvalue weighted by Gasteiger charge is -2.25. The van der Waals surface area contributed by atoms with Gasteiger partial charge in [0.05, 0.1) is 0 Å². The van der Waals surface area contributed by atoms with Gasteiger partial charge in [-0.25, -0.2) is 0 Å². The summed E-state index contributed by atoms with van der Waals surface area (Å²) in [4.78, 5) is 0. The van der Waals surface area contributed by atoms with Crippen LogP contribution in [0.1, 0.15) is 57.7 Å². The van der Waals surface area contributed by atoms with E-state index in [1.165, 1.54) is 24.0 Å². The van der Waals surface area contributed by atoms with Crippen molar-refractivity contribution in [3.63, 3.8) is 0 Å². The van der Waals surface area contributed by atoms with E-state index in [4.69, 9.17) is 4.74 Å². The highest BCUT2D eigenvalue weighted by atomic mass is 16.5. The van der Waals surface area contributed by atoms with Gasteiger partial charge in [0.15, 0.2) is 0 Å². The first-order chi connectivity index (χ1) is 9.15. The van der Waals surface area contributed by atoms with Crippen molar-refractivity contribution in [3.05, 3.63) is 29.3 Å².